The molecule has 1 aromatic carbocycles. The molecule has 0 saturated carbocycles. The lowest BCUT2D eigenvalue weighted by atomic mass is 9.98. The fourth-order valence-corrected chi connectivity index (χ4v) is 3.44. The number of hydrogen-bond donors (Lipinski definition) is 3. The summed E-state index contributed by atoms with van der Waals surface area (Å²) in [5.74, 6) is 1.60. The van der Waals surface area contributed by atoms with E-state index in [1.165, 1.54) is 4.90 Å². The van der Waals surface area contributed by atoms with Crippen LogP contribution < -0.4 is 20.7 Å². The number of carbonyl (C=O) groups is 1. The highest BCUT2D eigenvalue weighted by atomic mass is 16.5. The van der Waals surface area contributed by atoms with Crippen molar-refractivity contribution in [2.24, 2.45) is 5.92 Å². The molecule has 0 aliphatic carbocycles. The minimum absolute atomic E-state index is 0.0749. The molecule has 1 aromatic heterocycles. The van der Waals surface area contributed by atoms with Gasteiger partial charge in [-0.05, 0) is 31.9 Å². The average molecular weight is 387 g/mol. The van der Waals surface area contributed by atoms with Crippen LogP contribution in [0.15, 0.2) is 24.3 Å². The zero-order chi connectivity index (χ0) is 19.9. The molecule has 0 radical (unpaired) electrons. The summed E-state index contributed by atoms with van der Waals surface area (Å²) in [4.78, 5) is 26.2. The molecule has 2 atom stereocenters. The van der Waals surface area contributed by atoms with Crippen LogP contribution in [-0.4, -0.2) is 47.7 Å². The van der Waals surface area contributed by atoms with Crippen LogP contribution in [0, 0.1) is 5.92 Å². The zero-order valence-corrected chi connectivity index (χ0v) is 16.3. The second kappa shape index (κ2) is 9.32. The fourth-order valence-electron chi connectivity index (χ4n) is 3.44. The van der Waals surface area contributed by atoms with Crippen molar-refractivity contribution in [2.45, 2.75) is 26.3 Å². The van der Waals surface area contributed by atoms with Crippen molar-refractivity contribution in [1.82, 2.24) is 15.0 Å². The van der Waals surface area contributed by atoms with Crippen molar-refractivity contribution in [1.29, 1.82) is 0 Å². The van der Waals surface area contributed by atoms with E-state index >= 15 is 0 Å². The summed E-state index contributed by atoms with van der Waals surface area (Å²) >= 11 is 0. The highest BCUT2D eigenvalue weighted by Gasteiger charge is 2.30. The number of nitrogens with zero attached hydrogens (tertiary/aromatic N) is 3. The van der Waals surface area contributed by atoms with Crippen molar-refractivity contribution in [3.8, 4) is 5.75 Å². The first kappa shape index (κ1) is 19.8. The molecule has 1 saturated heterocycles. The molecule has 3 rings (SSSR count). The third kappa shape index (κ3) is 5.07. The van der Waals surface area contributed by atoms with Gasteiger partial charge in [-0.25, -0.2) is 0 Å². The number of nitrogens with one attached hydrogen (secondary N) is 2. The standard InChI is InChI=1S/C19H26N6O3/c1-3-28-17(26)13-7-6-10-25(11-13)12-16-22-18(20)24-19(23-16)21-14-8-4-5-9-15(14)27-2/h4-5,8-9,13H,3,6-7,10-12H2,1-2H3,(H3,20,21,22,23,24)/p+1/t13-/m0/s1. The van der Waals surface area contributed by atoms with Crippen LogP contribution in [0.1, 0.15) is 25.6 Å². The Morgan fingerprint density at radius 1 is 1.32 bits per heavy atom. The lowest BCUT2D eigenvalue weighted by Gasteiger charge is -2.28. The predicted molar refractivity (Wildman–Crippen MR) is 104 cm³/mol. The lowest BCUT2D eigenvalue weighted by molar-refractivity contribution is -0.921. The number of rotatable bonds is 7. The number of quaternary nitrogens is 1. The Balaban J connectivity index is 1.70. The van der Waals surface area contributed by atoms with Gasteiger partial charge in [-0.2, -0.15) is 15.0 Å². The predicted octanol–water partition coefficient (Wildman–Crippen LogP) is 0.564. The summed E-state index contributed by atoms with van der Waals surface area (Å²) in [7, 11) is 1.60. The summed E-state index contributed by atoms with van der Waals surface area (Å²) in [6.07, 6.45) is 1.83. The number of aromatic nitrogens is 3. The van der Waals surface area contributed by atoms with Gasteiger partial charge in [-0.15, -0.1) is 0 Å². The Morgan fingerprint density at radius 3 is 2.93 bits per heavy atom. The van der Waals surface area contributed by atoms with E-state index in [0.717, 1.165) is 25.1 Å². The quantitative estimate of drug-likeness (QED) is 0.590. The number of para-hydroxylation sites is 2. The van der Waals surface area contributed by atoms with Crippen LogP contribution in [0.2, 0.25) is 0 Å². The van der Waals surface area contributed by atoms with E-state index in [1.807, 2.05) is 31.2 Å². The van der Waals surface area contributed by atoms with Crippen LogP contribution in [0.4, 0.5) is 17.6 Å². The van der Waals surface area contributed by atoms with Crippen molar-refractivity contribution in [2.75, 3.05) is 37.9 Å². The summed E-state index contributed by atoms with van der Waals surface area (Å²) < 4.78 is 10.5. The maximum absolute atomic E-state index is 12.0. The third-order valence-corrected chi connectivity index (χ3v) is 4.70. The monoisotopic (exact) mass is 387 g/mol. The minimum atomic E-state index is -0.117. The number of ether oxygens (including phenoxy) is 2. The van der Waals surface area contributed by atoms with Gasteiger partial charge >= 0.3 is 5.97 Å². The number of methoxy groups -OCH3 is 1. The number of benzene rings is 1. The molecule has 2 aromatic rings. The van der Waals surface area contributed by atoms with Gasteiger partial charge in [0.1, 0.15) is 18.2 Å². The molecule has 1 fully saturated rings. The molecule has 0 spiro atoms. The molecule has 150 valence electrons. The molecular formula is C19H27N6O3+. The Bertz CT molecular complexity index is 816. The van der Waals surface area contributed by atoms with Crippen LogP contribution in [0.3, 0.4) is 0 Å². The Morgan fingerprint density at radius 2 is 2.14 bits per heavy atom. The van der Waals surface area contributed by atoms with Crippen LogP contribution in [0.5, 0.6) is 5.75 Å². The summed E-state index contributed by atoms with van der Waals surface area (Å²) in [6, 6.07) is 7.50. The second-order valence-corrected chi connectivity index (χ2v) is 6.73. The van der Waals surface area contributed by atoms with Crippen molar-refractivity contribution < 1.29 is 19.2 Å². The maximum atomic E-state index is 12.0. The van der Waals surface area contributed by atoms with Crippen LogP contribution >= 0.6 is 0 Å². The summed E-state index contributed by atoms with van der Waals surface area (Å²) in [5, 5.41) is 3.14. The number of nitrogens with two attached hydrogens (primary N) is 1. The van der Waals surface area contributed by atoms with Crippen molar-refractivity contribution >= 4 is 23.6 Å². The van der Waals surface area contributed by atoms with E-state index in [9.17, 15) is 4.79 Å². The molecule has 9 heteroatoms. The normalized spacial score (nSPS) is 19.1. The van der Waals surface area contributed by atoms with Gasteiger partial charge in [0.2, 0.25) is 11.9 Å². The average Bonchev–Trinajstić information content (AvgIpc) is 2.68. The summed E-state index contributed by atoms with van der Waals surface area (Å²) in [5.41, 5.74) is 6.63. The number of hydrogen-bond acceptors (Lipinski definition) is 8. The number of likely N-dealkylation sites (tertiary alicyclic amines) is 1. The molecule has 0 bridgehead atoms. The minimum Gasteiger partial charge on any atom is -0.495 e. The molecule has 1 unspecified atom stereocenters. The third-order valence-electron chi connectivity index (χ3n) is 4.70. The number of carbonyl (C=O) groups excluding carboxylic acids is 1. The Labute approximate surface area is 164 Å². The number of piperidine rings is 1. The van der Waals surface area contributed by atoms with E-state index < -0.39 is 0 Å². The second-order valence-electron chi connectivity index (χ2n) is 6.73. The van der Waals surface area contributed by atoms with Gasteiger partial charge < -0.3 is 25.4 Å². The smallest absolute Gasteiger partial charge is 0.314 e. The van der Waals surface area contributed by atoms with Gasteiger partial charge in [0.25, 0.3) is 0 Å². The highest BCUT2D eigenvalue weighted by Crippen LogP contribution is 2.25. The molecule has 2 heterocycles. The first-order valence-corrected chi connectivity index (χ1v) is 9.49. The fraction of sp³-hybridized carbons (Fsp3) is 0.474. The van der Waals surface area contributed by atoms with Crippen LogP contribution in [0.25, 0.3) is 0 Å². The van der Waals surface area contributed by atoms with Gasteiger partial charge in [0.15, 0.2) is 5.82 Å². The van der Waals surface area contributed by atoms with Gasteiger partial charge in [-0.3, -0.25) is 4.79 Å². The van der Waals surface area contributed by atoms with E-state index in [4.69, 9.17) is 15.2 Å². The lowest BCUT2D eigenvalue weighted by Crippen LogP contribution is -3.12. The first-order valence-electron chi connectivity index (χ1n) is 9.49. The number of esters is 1. The van der Waals surface area contributed by atoms with E-state index in [2.05, 4.69) is 20.3 Å². The largest absolute Gasteiger partial charge is 0.495 e. The van der Waals surface area contributed by atoms with Crippen molar-refractivity contribution in [3.63, 3.8) is 0 Å². The molecule has 1 aliphatic heterocycles. The highest BCUT2D eigenvalue weighted by molar-refractivity contribution is 5.72. The molecular weight excluding hydrogens is 360 g/mol. The molecule has 1 aliphatic rings. The Kier molecular flexibility index (Phi) is 6.59. The number of anilines is 3. The van der Waals surface area contributed by atoms with Gasteiger partial charge in [0.05, 0.1) is 32.5 Å². The molecule has 28 heavy (non-hydrogen) atoms. The van der Waals surface area contributed by atoms with Gasteiger partial charge in [0, 0.05) is 0 Å². The molecule has 0 amide bonds. The van der Waals surface area contributed by atoms with E-state index in [0.29, 0.717) is 37.2 Å². The zero-order valence-electron chi connectivity index (χ0n) is 16.3. The Hall–Kier alpha value is -2.94. The SMILES string of the molecule is CCOC(=O)[C@H]1CCC[NH+](Cc2nc(N)nc(Nc3ccccc3OC)n2)C1. The van der Waals surface area contributed by atoms with E-state index in [1.54, 1.807) is 7.11 Å². The molecule has 9 nitrogen and oxygen atoms in total. The van der Waals surface area contributed by atoms with Gasteiger partial charge in [-0.1, -0.05) is 12.1 Å². The molecule has 4 N–H and O–H groups in total. The number of nitrogen functional groups attached to an aromatic ring is 1. The summed E-state index contributed by atoms with van der Waals surface area (Å²) in [6.45, 7) is 4.47. The van der Waals surface area contributed by atoms with E-state index in [-0.39, 0.29) is 17.8 Å². The maximum Gasteiger partial charge on any atom is 0.314 e. The first-order chi connectivity index (χ1) is 13.6. The van der Waals surface area contributed by atoms with Crippen LogP contribution in [-0.2, 0) is 16.1 Å². The van der Waals surface area contributed by atoms with Crippen molar-refractivity contribution in [3.05, 3.63) is 30.1 Å². The topological polar surface area (TPSA) is 117 Å².